The van der Waals surface area contributed by atoms with E-state index < -0.39 is 24.5 Å². The summed E-state index contributed by atoms with van der Waals surface area (Å²) in [6, 6.07) is 9.32. The topological polar surface area (TPSA) is 131 Å². The van der Waals surface area contributed by atoms with Crippen molar-refractivity contribution in [3.05, 3.63) is 48.5 Å². The lowest BCUT2D eigenvalue weighted by molar-refractivity contribution is -0.692. The maximum Gasteiger partial charge on any atom is 0.250 e. The molecule has 27 heavy (non-hydrogen) atoms. The number of aliphatic hydroxyl groups is 3. The second kappa shape index (κ2) is 7.20. The largest absolute Gasteiger partial charge is 0.394 e. The zero-order chi connectivity index (χ0) is 19.0. The monoisotopic (exact) mass is 372 g/mol. The van der Waals surface area contributed by atoms with Gasteiger partial charge in [-0.15, -0.1) is 0 Å². The van der Waals surface area contributed by atoms with Crippen LogP contribution in [0.1, 0.15) is 24.3 Å². The van der Waals surface area contributed by atoms with Crippen molar-refractivity contribution in [3.63, 3.8) is 0 Å². The zero-order valence-corrected chi connectivity index (χ0v) is 14.6. The summed E-state index contributed by atoms with van der Waals surface area (Å²) in [5.41, 5.74) is 8.05. The van der Waals surface area contributed by atoms with Gasteiger partial charge in [0.05, 0.1) is 12.7 Å². The van der Waals surface area contributed by atoms with Crippen molar-refractivity contribution in [2.75, 3.05) is 12.3 Å². The highest BCUT2D eigenvalue weighted by molar-refractivity contribution is 5.79. The van der Waals surface area contributed by atoms with Gasteiger partial charge in [0, 0.05) is 6.42 Å². The van der Waals surface area contributed by atoms with E-state index in [1.165, 1.54) is 0 Å². The van der Waals surface area contributed by atoms with E-state index in [1.807, 2.05) is 30.3 Å². The Kier molecular flexibility index (Phi) is 4.75. The summed E-state index contributed by atoms with van der Waals surface area (Å²) < 4.78 is 9.01. The molecule has 1 aliphatic rings. The molecule has 1 saturated heterocycles. The fourth-order valence-corrected chi connectivity index (χ4v) is 3.36. The van der Waals surface area contributed by atoms with Gasteiger partial charge in [0.15, 0.2) is 5.52 Å². The van der Waals surface area contributed by atoms with E-state index in [0.717, 1.165) is 5.56 Å². The number of ether oxygens (including phenoxy) is 1. The second-order valence-corrected chi connectivity index (χ2v) is 6.65. The standard InChI is InChI=1S/C18H21N5O4/c19-17-16-18(23(10-20-16)15-6-12(25)14(8-24)27-15)21-9-22(17)7-13(26)11-4-2-1-3-5-11/h1-5,9-10,12-15,19,24-26H,6-8H2/p+1/t12-,13?,14+,15+/m0/s1. The second-order valence-electron chi connectivity index (χ2n) is 6.65. The van der Waals surface area contributed by atoms with Gasteiger partial charge >= 0.3 is 0 Å². The summed E-state index contributed by atoms with van der Waals surface area (Å²) in [5, 5.41) is 29.6. The molecule has 4 atom stereocenters. The van der Waals surface area contributed by atoms with E-state index in [-0.39, 0.29) is 13.2 Å². The molecule has 142 valence electrons. The van der Waals surface area contributed by atoms with Gasteiger partial charge < -0.3 is 25.8 Å². The first-order valence-electron chi connectivity index (χ1n) is 8.76. The molecule has 0 aliphatic carbocycles. The number of fused-ring (bicyclic) bond motifs is 1. The Morgan fingerprint density at radius 2 is 2.07 bits per heavy atom. The molecule has 3 heterocycles. The fraction of sp³-hybridized carbons (Fsp3) is 0.389. The molecule has 9 nitrogen and oxygen atoms in total. The van der Waals surface area contributed by atoms with E-state index in [0.29, 0.717) is 23.4 Å². The molecule has 0 bridgehead atoms. The van der Waals surface area contributed by atoms with Crippen molar-refractivity contribution in [1.82, 2.24) is 14.5 Å². The molecule has 9 heteroatoms. The first-order valence-corrected chi connectivity index (χ1v) is 8.76. The normalized spacial score (nSPS) is 23.7. The van der Waals surface area contributed by atoms with Gasteiger partial charge in [-0.1, -0.05) is 35.3 Å². The number of imidazole rings is 1. The van der Waals surface area contributed by atoms with Gasteiger partial charge in [-0.2, -0.15) is 0 Å². The van der Waals surface area contributed by atoms with E-state index in [9.17, 15) is 15.3 Å². The predicted octanol–water partition coefficient (Wildman–Crippen LogP) is -0.325. The maximum atomic E-state index is 10.4. The Labute approximate surface area is 155 Å². The summed E-state index contributed by atoms with van der Waals surface area (Å²) in [6.45, 7) is -0.00584. The van der Waals surface area contributed by atoms with E-state index in [4.69, 9.17) is 10.5 Å². The third kappa shape index (κ3) is 3.26. The van der Waals surface area contributed by atoms with Crippen LogP contribution in [-0.2, 0) is 11.3 Å². The van der Waals surface area contributed by atoms with Crippen LogP contribution in [0.15, 0.2) is 43.0 Å². The number of anilines is 1. The van der Waals surface area contributed by atoms with Crippen LogP contribution in [0.5, 0.6) is 0 Å². The zero-order valence-electron chi connectivity index (χ0n) is 14.6. The molecule has 1 fully saturated rings. The van der Waals surface area contributed by atoms with Crippen LogP contribution in [0.3, 0.4) is 0 Å². The minimum Gasteiger partial charge on any atom is -0.394 e. The van der Waals surface area contributed by atoms with E-state index in [2.05, 4.69) is 9.97 Å². The molecular weight excluding hydrogens is 350 g/mol. The number of nitrogens with two attached hydrogens (primary N) is 1. The first-order chi connectivity index (χ1) is 13.1. The van der Waals surface area contributed by atoms with Crippen molar-refractivity contribution in [1.29, 1.82) is 0 Å². The lowest BCUT2D eigenvalue weighted by atomic mass is 10.1. The van der Waals surface area contributed by atoms with Crippen LogP contribution in [0, 0.1) is 0 Å². The Morgan fingerprint density at radius 1 is 1.30 bits per heavy atom. The van der Waals surface area contributed by atoms with Gasteiger partial charge in [0.2, 0.25) is 12.0 Å². The molecule has 1 unspecified atom stereocenters. The Morgan fingerprint density at radius 3 is 2.78 bits per heavy atom. The molecular formula is C18H22N5O4+. The average molecular weight is 372 g/mol. The smallest absolute Gasteiger partial charge is 0.250 e. The molecule has 4 rings (SSSR count). The highest BCUT2D eigenvalue weighted by atomic mass is 16.5. The van der Waals surface area contributed by atoms with Gasteiger partial charge in [-0.05, 0) is 5.56 Å². The summed E-state index contributed by atoms with van der Waals surface area (Å²) in [6.07, 6.45) is 0.877. The fourth-order valence-electron chi connectivity index (χ4n) is 3.36. The molecule has 0 amide bonds. The quantitative estimate of drug-likeness (QED) is 0.451. The summed E-state index contributed by atoms with van der Waals surface area (Å²) in [7, 11) is 0. The number of nitrogens with zero attached hydrogens (tertiary/aromatic N) is 4. The third-order valence-electron chi connectivity index (χ3n) is 4.89. The first kappa shape index (κ1) is 17.8. The summed E-state index contributed by atoms with van der Waals surface area (Å²) in [4.78, 5) is 8.75. The van der Waals surface area contributed by atoms with Crippen LogP contribution in [0.25, 0.3) is 11.2 Å². The number of aliphatic hydroxyl groups excluding tert-OH is 3. The van der Waals surface area contributed by atoms with Crippen LogP contribution in [-0.4, -0.2) is 48.7 Å². The van der Waals surface area contributed by atoms with Crippen LogP contribution >= 0.6 is 0 Å². The minimum atomic E-state index is -0.746. The molecule has 1 aliphatic heterocycles. The third-order valence-corrected chi connectivity index (χ3v) is 4.89. The lowest BCUT2D eigenvalue weighted by Gasteiger charge is -2.13. The Balaban J connectivity index is 1.60. The van der Waals surface area contributed by atoms with Gasteiger partial charge in [-0.3, -0.25) is 4.57 Å². The highest BCUT2D eigenvalue weighted by Crippen LogP contribution is 2.31. The Hall–Kier alpha value is -2.59. The van der Waals surface area contributed by atoms with Crippen molar-refractivity contribution < 1.29 is 24.6 Å². The molecule has 0 saturated carbocycles. The number of rotatable bonds is 5. The summed E-state index contributed by atoms with van der Waals surface area (Å²) in [5.74, 6) is 0.381. The summed E-state index contributed by atoms with van der Waals surface area (Å²) >= 11 is 0. The highest BCUT2D eigenvalue weighted by Gasteiger charge is 2.36. The van der Waals surface area contributed by atoms with Gasteiger partial charge in [0.25, 0.3) is 5.82 Å². The van der Waals surface area contributed by atoms with Crippen LogP contribution in [0.4, 0.5) is 5.82 Å². The minimum absolute atomic E-state index is 0.247. The molecule has 2 aromatic heterocycles. The van der Waals surface area contributed by atoms with Crippen molar-refractivity contribution in [2.45, 2.75) is 37.5 Å². The number of nitrogen functional groups attached to an aromatic ring is 1. The number of benzene rings is 1. The molecule has 1 aromatic carbocycles. The predicted molar refractivity (Wildman–Crippen MR) is 95.2 cm³/mol. The SMILES string of the molecule is Nc1c2ncn([C@H]3C[C@H](O)[C@@H](CO)O3)c2nc[n+]1CC(O)c1ccccc1. The Bertz CT molecular complexity index is 932. The van der Waals surface area contributed by atoms with E-state index >= 15 is 0 Å². The van der Waals surface area contributed by atoms with Crippen LogP contribution < -0.4 is 10.3 Å². The van der Waals surface area contributed by atoms with Gasteiger partial charge in [-0.25, -0.2) is 9.55 Å². The van der Waals surface area contributed by atoms with Gasteiger partial charge in [0.1, 0.15) is 31.3 Å². The molecule has 5 N–H and O–H groups in total. The molecule has 3 aromatic rings. The lowest BCUT2D eigenvalue weighted by Crippen LogP contribution is -2.40. The average Bonchev–Trinajstić information content (AvgIpc) is 3.28. The number of aromatic nitrogens is 4. The van der Waals surface area contributed by atoms with Crippen molar-refractivity contribution in [2.24, 2.45) is 0 Å². The molecule has 0 spiro atoms. The van der Waals surface area contributed by atoms with E-state index in [1.54, 1.807) is 21.8 Å². The number of hydrogen-bond donors (Lipinski definition) is 4. The van der Waals surface area contributed by atoms with Crippen molar-refractivity contribution >= 4 is 17.0 Å². The maximum absolute atomic E-state index is 10.4. The number of hydrogen-bond acceptors (Lipinski definition) is 7. The molecule has 0 radical (unpaired) electrons. The van der Waals surface area contributed by atoms with Crippen molar-refractivity contribution in [3.8, 4) is 0 Å². The van der Waals surface area contributed by atoms with Crippen LogP contribution in [0.2, 0.25) is 0 Å².